The van der Waals surface area contributed by atoms with Gasteiger partial charge in [-0.3, -0.25) is 4.79 Å². The average Bonchev–Trinajstić information content (AvgIpc) is 3.47. The minimum absolute atomic E-state index is 0.132. The van der Waals surface area contributed by atoms with Gasteiger partial charge in [-0.15, -0.1) is 11.3 Å². The van der Waals surface area contributed by atoms with E-state index < -0.39 is 5.97 Å². The third kappa shape index (κ3) is 5.18. The Bertz CT molecular complexity index is 1340. The number of aliphatic carboxylic acids is 1. The predicted octanol–water partition coefficient (Wildman–Crippen LogP) is 4.43. The fourth-order valence-corrected chi connectivity index (χ4v) is 4.65. The van der Waals surface area contributed by atoms with Gasteiger partial charge in [0.25, 0.3) is 0 Å². The number of carboxylic acid groups (broad SMARTS) is 1. The number of hydrogen-bond donors (Lipinski definition) is 2. The van der Waals surface area contributed by atoms with Crippen LogP contribution < -0.4 is 5.32 Å². The van der Waals surface area contributed by atoms with Crippen LogP contribution in [0.4, 0.5) is 4.79 Å². The number of halogens is 1. The van der Waals surface area contributed by atoms with E-state index in [1.807, 2.05) is 54.9 Å². The molecule has 0 radical (unpaired) electrons. The van der Waals surface area contributed by atoms with Crippen molar-refractivity contribution in [3.63, 3.8) is 0 Å². The van der Waals surface area contributed by atoms with Crippen LogP contribution >= 0.6 is 22.9 Å². The highest BCUT2D eigenvalue weighted by Gasteiger charge is 2.21. The zero-order valence-electron chi connectivity index (χ0n) is 18.6. The molecule has 0 bridgehead atoms. The Morgan fingerprint density at radius 1 is 1.32 bits per heavy atom. The molecule has 3 aromatic heterocycles. The van der Waals surface area contributed by atoms with Gasteiger partial charge in [0, 0.05) is 36.1 Å². The molecule has 1 aromatic carbocycles. The van der Waals surface area contributed by atoms with Gasteiger partial charge in [-0.1, -0.05) is 29.8 Å². The van der Waals surface area contributed by atoms with Crippen LogP contribution in [-0.2, 0) is 17.8 Å². The average molecular weight is 499 g/mol. The van der Waals surface area contributed by atoms with Gasteiger partial charge in [0.2, 0.25) is 0 Å². The zero-order chi connectivity index (χ0) is 24.2. The van der Waals surface area contributed by atoms with Crippen LogP contribution in [0, 0.1) is 0 Å². The largest absolute Gasteiger partial charge is 0.481 e. The maximum absolute atomic E-state index is 12.9. The van der Waals surface area contributed by atoms with Crippen LogP contribution in [0.25, 0.3) is 16.9 Å². The fraction of sp³-hybridized carbons (Fsp3) is 0.261. The molecular weight excluding hydrogens is 476 g/mol. The predicted molar refractivity (Wildman–Crippen MR) is 130 cm³/mol. The number of imidazole rings is 1. The lowest BCUT2D eigenvalue weighted by molar-refractivity contribution is -0.136. The third-order valence-electron chi connectivity index (χ3n) is 5.39. The second-order valence-electron chi connectivity index (χ2n) is 7.62. The Morgan fingerprint density at radius 3 is 2.91 bits per heavy atom. The van der Waals surface area contributed by atoms with Gasteiger partial charge in [0.15, 0.2) is 10.8 Å². The van der Waals surface area contributed by atoms with Gasteiger partial charge in [-0.05, 0) is 25.5 Å². The molecule has 9 nitrogen and oxygen atoms in total. The lowest BCUT2D eigenvalue weighted by Gasteiger charge is -2.28. The molecule has 0 unspecified atom stereocenters. The second-order valence-corrected chi connectivity index (χ2v) is 8.92. The van der Waals surface area contributed by atoms with Gasteiger partial charge < -0.3 is 19.7 Å². The molecule has 0 spiro atoms. The number of urea groups is 1. The van der Waals surface area contributed by atoms with E-state index in [2.05, 4.69) is 20.3 Å². The highest BCUT2D eigenvalue weighted by molar-refractivity contribution is 7.09. The van der Waals surface area contributed by atoms with E-state index in [4.69, 9.17) is 16.7 Å². The van der Waals surface area contributed by atoms with Gasteiger partial charge in [0.05, 0.1) is 30.4 Å². The Hall–Kier alpha value is -3.50. The lowest BCUT2D eigenvalue weighted by Crippen LogP contribution is -2.41. The van der Waals surface area contributed by atoms with Gasteiger partial charge >= 0.3 is 12.0 Å². The lowest BCUT2D eigenvalue weighted by atomic mass is 10.0. The number of fused-ring (bicyclic) bond motifs is 1. The molecule has 4 rings (SSSR count). The molecule has 0 aliphatic carbocycles. The van der Waals surface area contributed by atoms with Crippen molar-refractivity contribution in [2.24, 2.45) is 0 Å². The normalized spacial score (nSPS) is 12.0. The summed E-state index contributed by atoms with van der Waals surface area (Å²) in [6.07, 6.45) is 5.22. The highest BCUT2D eigenvalue weighted by atomic mass is 35.5. The number of benzene rings is 1. The van der Waals surface area contributed by atoms with Crippen molar-refractivity contribution < 1.29 is 14.7 Å². The summed E-state index contributed by atoms with van der Waals surface area (Å²) in [5.74, 6) is -0.934. The molecule has 4 aromatic rings. The maximum Gasteiger partial charge on any atom is 0.318 e. The van der Waals surface area contributed by atoms with Crippen LogP contribution in [0.1, 0.15) is 36.2 Å². The van der Waals surface area contributed by atoms with Crippen LogP contribution in [0.5, 0.6) is 0 Å². The summed E-state index contributed by atoms with van der Waals surface area (Å²) in [5, 5.41) is 14.5. The molecule has 2 amide bonds. The number of aromatic nitrogens is 4. The van der Waals surface area contributed by atoms with Crippen LogP contribution in [0.3, 0.4) is 0 Å². The van der Waals surface area contributed by atoms with Crippen molar-refractivity contribution in [1.82, 2.24) is 29.6 Å². The molecule has 0 aliphatic heterocycles. The monoisotopic (exact) mass is 498 g/mol. The Morgan fingerprint density at radius 2 is 2.15 bits per heavy atom. The highest BCUT2D eigenvalue weighted by Crippen LogP contribution is 2.27. The summed E-state index contributed by atoms with van der Waals surface area (Å²) in [6, 6.07) is 7.43. The van der Waals surface area contributed by atoms with E-state index in [0.29, 0.717) is 33.7 Å². The summed E-state index contributed by atoms with van der Waals surface area (Å²) in [6.45, 7) is 4.63. The van der Waals surface area contributed by atoms with Crippen LogP contribution in [0.2, 0.25) is 5.15 Å². The number of thiazole rings is 1. The van der Waals surface area contributed by atoms with E-state index in [-0.39, 0.29) is 25.0 Å². The molecule has 3 heterocycles. The summed E-state index contributed by atoms with van der Waals surface area (Å²) < 4.78 is 1.83. The molecule has 176 valence electrons. The van der Waals surface area contributed by atoms with Crippen molar-refractivity contribution in [3.8, 4) is 11.3 Å². The van der Waals surface area contributed by atoms with Crippen molar-refractivity contribution >= 4 is 40.6 Å². The Balaban J connectivity index is 1.48. The van der Waals surface area contributed by atoms with E-state index in [1.165, 1.54) is 11.3 Å². The molecule has 0 aliphatic rings. The second kappa shape index (κ2) is 10.2. The first kappa shape index (κ1) is 23.7. The number of carbonyl (C=O) groups excluding carboxylic acids is 1. The molecule has 0 saturated carbocycles. The SMILES string of the molecule is CCN(C(=O)NCc1nc(CC(=O)O)cs1)[C@H](C)c1cccc(-c2cn3ccnc3c(Cl)n2)c1. The van der Waals surface area contributed by atoms with Crippen molar-refractivity contribution in [2.45, 2.75) is 32.9 Å². The van der Waals surface area contributed by atoms with Crippen LogP contribution in [0.15, 0.2) is 48.2 Å². The standard InChI is InChI=1S/C23H23ClN6O3S/c1-3-30(23(33)26-11-19-27-17(13-34-19)10-20(31)32)14(2)15-5-4-6-16(9-15)18-12-29-8-7-25-22(29)21(24)28-18/h4-9,12-14H,3,10-11H2,1-2H3,(H,26,33)(H,31,32)/t14-/m1/s1. The van der Waals surface area contributed by atoms with Gasteiger partial charge in [0.1, 0.15) is 5.01 Å². The molecule has 0 fully saturated rings. The number of carbonyl (C=O) groups is 2. The quantitative estimate of drug-likeness (QED) is 0.371. The third-order valence-corrected chi connectivity index (χ3v) is 6.54. The van der Waals surface area contributed by atoms with E-state index in [1.54, 1.807) is 16.5 Å². The van der Waals surface area contributed by atoms with Crippen molar-refractivity contribution in [2.75, 3.05) is 6.54 Å². The minimum atomic E-state index is -0.934. The molecule has 11 heteroatoms. The first-order valence-electron chi connectivity index (χ1n) is 10.6. The van der Waals surface area contributed by atoms with Crippen molar-refractivity contribution in [3.05, 3.63) is 69.7 Å². The number of amides is 2. The van der Waals surface area contributed by atoms with Gasteiger partial charge in [-0.25, -0.2) is 19.7 Å². The van der Waals surface area contributed by atoms with E-state index in [9.17, 15) is 9.59 Å². The Labute approximate surface area is 205 Å². The van der Waals surface area contributed by atoms with Crippen molar-refractivity contribution in [1.29, 1.82) is 0 Å². The molecule has 0 saturated heterocycles. The first-order chi connectivity index (χ1) is 16.4. The summed E-state index contributed by atoms with van der Waals surface area (Å²) >= 11 is 7.62. The molecule has 34 heavy (non-hydrogen) atoms. The van der Waals surface area contributed by atoms with Crippen LogP contribution in [-0.4, -0.2) is 47.9 Å². The number of rotatable bonds is 8. The minimum Gasteiger partial charge on any atom is -0.481 e. The van der Waals surface area contributed by atoms with Gasteiger partial charge in [-0.2, -0.15) is 0 Å². The smallest absolute Gasteiger partial charge is 0.318 e. The molecule has 1 atom stereocenters. The topological polar surface area (TPSA) is 113 Å². The van der Waals surface area contributed by atoms with E-state index in [0.717, 1.165) is 11.1 Å². The number of nitrogens with zero attached hydrogens (tertiary/aromatic N) is 5. The molecule has 2 N–H and O–H groups in total. The zero-order valence-corrected chi connectivity index (χ0v) is 20.2. The fourth-order valence-electron chi connectivity index (χ4n) is 3.68. The Kier molecular flexibility index (Phi) is 7.09. The molecular formula is C23H23ClN6O3S. The number of nitrogens with one attached hydrogen (secondary N) is 1. The van der Waals surface area contributed by atoms with E-state index >= 15 is 0 Å². The summed E-state index contributed by atoms with van der Waals surface area (Å²) in [5.41, 5.74) is 3.63. The summed E-state index contributed by atoms with van der Waals surface area (Å²) in [4.78, 5) is 38.4. The first-order valence-corrected chi connectivity index (χ1v) is 11.9. The summed E-state index contributed by atoms with van der Waals surface area (Å²) in [7, 11) is 0. The maximum atomic E-state index is 12.9. The number of hydrogen-bond acceptors (Lipinski definition) is 6. The number of carboxylic acids is 1.